The maximum absolute atomic E-state index is 15.1. The molecule has 2 aromatic carbocycles. The number of ether oxygens (including phenoxy) is 1. The molecule has 2 aromatic rings. The van der Waals surface area contributed by atoms with Gasteiger partial charge in [0.1, 0.15) is 0 Å². The second kappa shape index (κ2) is 15.0. The van der Waals surface area contributed by atoms with Crippen molar-refractivity contribution in [3.63, 3.8) is 0 Å². The van der Waals surface area contributed by atoms with Crippen molar-refractivity contribution in [3.8, 4) is 5.75 Å². The lowest BCUT2D eigenvalue weighted by Crippen LogP contribution is -2.22. The van der Waals surface area contributed by atoms with Gasteiger partial charge in [0.15, 0.2) is 23.2 Å². The van der Waals surface area contributed by atoms with Crippen LogP contribution in [0.5, 0.6) is 5.75 Å². The van der Waals surface area contributed by atoms with Crippen molar-refractivity contribution in [1.29, 1.82) is 0 Å². The van der Waals surface area contributed by atoms with E-state index in [0.717, 1.165) is 63.4 Å². The summed E-state index contributed by atoms with van der Waals surface area (Å²) in [5, 5.41) is 10.3. The molecule has 0 saturated heterocycles. The molecule has 41 heavy (non-hydrogen) atoms. The monoisotopic (exact) mass is 572 g/mol. The Hall–Kier alpha value is -2.60. The zero-order chi connectivity index (χ0) is 29.4. The summed E-state index contributed by atoms with van der Waals surface area (Å²) in [5.41, 5.74) is 1.93. The van der Waals surface area contributed by atoms with Crippen LogP contribution in [0.15, 0.2) is 43.0 Å². The topological polar surface area (TPSA) is 29.5 Å². The maximum Gasteiger partial charge on any atom is 0.200 e. The molecule has 0 amide bonds. The fraction of sp³-hybridized carbons (Fsp3) is 0.543. The standard InChI is InChI=1S/C35H44F4O2/c1-3-5-6-22-41-31-21-20-29(34(38)35(31)39)24-11-8-23(9-12-24)10-13-27-18-19-28(33(37)32(27)36)25-14-16-26(17-15-25)30(40)7-4-2/h3,14,18-21,23-24,26,30,40H,1,4-13,15-17,22H2,2H3. The van der Waals surface area contributed by atoms with Gasteiger partial charge in [0, 0.05) is 5.56 Å². The number of benzene rings is 2. The number of aliphatic hydroxyl groups is 1. The van der Waals surface area contributed by atoms with Gasteiger partial charge in [-0.1, -0.05) is 43.7 Å². The SMILES string of the molecule is C=CCCCOc1ccc(C2CCC(CCc3ccc(C4=CCC(C(O)CCC)CC4)c(F)c3F)CC2)c(F)c1F. The Balaban J connectivity index is 1.29. The predicted octanol–water partition coefficient (Wildman–Crippen LogP) is 9.84. The second-order valence-corrected chi connectivity index (χ2v) is 11.8. The number of halogens is 4. The number of aryl methyl sites for hydroxylation is 1. The Morgan fingerprint density at radius 1 is 0.976 bits per heavy atom. The van der Waals surface area contributed by atoms with Crippen molar-refractivity contribution in [3.05, 3.63) is 83.0 Å². The van der Waals surface area contributed by atoms with Crippen molar-refractivity contribution < 1.29 is 27.4 Å². The van der Waals surface area contributed by atoms with Crippen LogP contribution in [0.25, 0.3) is 5.57 Å². The average Bonchev–Trinajstić information content (AvgIpc) is 2.99. The van der Waals surface area contributed by atoms with Gasteiger partial charge >= 0.3 is 0 Å². The predicted molar refractivity (Wildman–Crippen MR) is 157 cm³/mol. The summed E-state index contributed by atoms with van der Waals surface area (Å²) in [5.74, 6) is -2.90. The summed E-state index contributed by atoms with van der Waals surface area (Å²) >= 11 is 0. The first-order valence-corrected chi connectivity index (χ1v) is 15.4. The Kier molecular flexibility index (Phi) is 11.5. The molecule has 4 rings (SSSR count). The van der Waals surface area contributed by atoms with E-state index in [2.05, 4.69) is 6.58 Å². The Morgan fingerprint density at radius 3 is 2.44 bits per heavy atom. The third kappa shape index (κ3) is 7.82. The first kappa shape index (κ1) is 31.3. The number of unbranched alkanes of at least 4 members (excludes halogenated alkanes) is 1. The highest BCUT2D eigenvalue weighted by Crippen LogP contribution is 2.40. The zero-order valence-electron chi connectivity index (χ0n) is 24.2. The minimum Gasteiger partial charge on any atom is -0.490 e. The first-order chi connectivity index (χ1) is 19.8. The molecule has 2 nitrogen and oxygen atoms in total. The molecule has 0 aromatic heterocycles. The molecule has 1 saturated carbocycles. The second-order valence-electron chi connectivity index (χ2n) is 11.8. The van der Waals surface area contributed by atoms with E-state index in [1.807, 2.05) is 13.0 Å². The third-order valence-electron chi connectivity index (χ3n) is 9.08. The summed E-state index contributed by atoms with van der Waals surface area (Å²) in [4.78, 5) is 0. The van der Waals surface area contributed by atoms with Gasteiger partial charge in [-0.05, 0) is 118 Å². The van der Waals surface area contributed by atoms with Gasteiger partial charge in [0.2, 0.25) is 5.82 Å². The highest BCUT2D eigenvalue weighted by atomic mass is 19.2. The molecule has 0 aliphatic heterocycles. The van der Waals surface area contributed by atoms with Gasteiger partial charge < -0.3 is 9.84 Å². The van der Waals surface area contributed by atoms with Crippen molar-refractivity contribution in [2.24, 2.45) is 11.8 Å². The highest BCUT2D eigenvalue weighted by Gasteiger charge is 2.28. The Morgan fingerprint density at radius 2 is 1.76 bits per heavy atom. The summed E-state index contributed by atoms with van der Waals surface area (Å²) in [6, 6.07) is 6.56. The molecule has 2 atom stereocenters. The lowest BCUT2D eigenvalue weighted by molar-refractivity contribution is 0.0934. The van der Waals surface area contributed by atoms with Crippen LogP contribution >= 0.6 is 0 Å². The quantitative estimate of drug-likeness (QED) is 0.147. The fourth-order valence-corrected chi connectivity index (χ4v) is 6.52. The van der Waals surface area contributed by atoms with E-state index < -0.39 is 23.3 Å². The normalized spacial score (nSPS) is 21.8. The number of rotatable bonds is 13. The van der Waals surface area contributed by atoms with E-state index in [4.69, 9.17) is 4.74 Å². The molecule has 1 N–H and O–H groups in total. The van der Waals surface area contributed by atoms with Crippen molar-refractivity contribution >= 4 is 5.57 Å². The molecule has 224 valence electrons. The minimum atomic E-state index is -0.929. The van der Waals surface area contributed by atoms with Crippen molar-refractivity contribution in [1.82, 2.24) is 0 Å². The summed E-state index contributed by atoms with van der Waals surface area (Å²) in [6.07, 6.45) is 13.0. The lowest BCUT2D eigenvalue weighted by atomic mass is 9.76. The first-order valence-electron chi connectivity index (χ1n) is 15.4. The van der Waals surface area contributed by atoms with Crippen molar-refractivity contribution in [2.45, 2.75) is 102 Å². The largest absolute Gasteiger partial charge is 0.490 e. The van der Waals surface area contributed by atoms with Crippen molar-refractivity contribution in [2.75, 3.05) is 6.61 Å². The molecule has 2 unspecified atom stereocenters. The Labute approximate surface area is 242 Å². The van der Waals surface area contributed by atoms with E-state index >= 15 is 8.78 Å². The molecule has 0 bridgehead atoms. The van der Waals surface area contributed by atoms with Gasteiger partial charge in [-0.3, -0.25) is 0 Å². The molecule has 2 aliphatic rings. The number of hydrogen-bond acceptors (Lipinski definition) is 2. The Bertz CT molecular complexity index is 1200. The van der Waals surface area contributed by atoms with Crippen LogP contribution < -0.4 is 4.74 Å². The van der Waals surface area contributed by atoms with Crippen LogP contribution in [0, 0.1) is 35.1 Å². The van der Waals surface area contributed by atoms with Crippen LogP contribution in [-0.2, 0) is 6.42 Å². The molecule has 0 spiro atoms. The number of aliphatic hydroxyl groups excluding tert-OH is 1. The van der Waals surface area contributed by atoms with Gasteiger partial charge in [-0.25, -0.2) is 13.2 Å². The van der Waals surface area contributed by atoms with Gasteiger partial charge in [-0.15, -0.1) is 6.58 Å². The van der Waals surface area contributed by atoms with Gasteiger partial charge in [-0.2, -0.15) is 4.39 Å². The lowest BCUT2D eigenvalue weighted by Gasteiger charge is -2.29. The number of hydrogen-bond donors (Lipinski definition) is 1. The van der Waals surface area contributed by atoms with Crippen LogP contribution in [-0.4, -0.2) is 17.8 Å². The van der Waals surface area contributed by atoms with Crippen LogP contribution in [0.4, 0.5) is 17.6 Å². The maximum atomic E-state index is 15.1. The molecular weight excluding hydrogens is 528 g/mol. The van der Waals surface area contributed by atoms with E-state index in [1.54, 1.807) is 24.3 Å². The fourth-order valence-electron chi connectivity index (χ4n) is 6.52. The molecule has 1 fully saturated rings. The molecular formula is C35H44F4O2. The molecule has 6 heteroatoms. The van der Waals surface area contributed by atoms with Gasteiger partial charge in [0.25, 0.3) is 0 Å². The van der Waals surface area contributed by atoms with E-state index in [1.165, 1.54) is 6.07 Å². The number of allylic oxidation sites excluding steroid dienone is 3. The highest BCUT2D eigenvalue weighted by molar-refractivity contribution is 5.67. The van der Waals surface area contributed by atoms with Crippen LogP contribution in [0.3, 0.4) is 0 Å². The smallest absolute Gasteiger partial charge is 0.200 e. The zero-order valence-corrected chi connectivity index (χ0v) is 24.2. The average molecular weight is 573 g/mol. The van der Waals surface area contributed by atoms with Crippen LogP contribution in [0.2, 0.25) is 0 Å². The van der Waals surface area contributed by atoms with Gasteiger partial charge in [0.05, 0.1) is 12.7 Å². The van der Waals surface area contributed by atoms with E-state index in [-0.39, 0.29) is 23.7 Å². The van der Waals surface area contributed by atoms with Crippen LogP contribution in [0.1, 0.15) is 107 Å². The van der Waals surface area contributed by atoms with E-state index in [0.29, 0.717) is 54.9 Å². The molecule has 0 radical (unpaired) electrons. The summed E-state index contributed by atoms with van der Waals surface area (Å²) in [7, 11) is 0. The minimum absolute atomic E-state index is 0.0565. The molecule has 0 heterocycles. The summed E-state index contributed by atoms with van der Waals surface area (Å²) in [6.45, 7) is 5.99. The van der Waals surface area contributed by atoms with E-state index in [9.17, 15) is 13.9 Å². The molecule has 2 aliphatic carbocycles. The summed E-state index contributed by atoms with van der Waals surface area (Å²) < 4.78 is 65.0. The third-order valence-corrected chi connectivity index (χ3v) is 9.08.